The summed E-state index contributed by atoms with van der Waals surface area (Å²) in [6.07, 6.45) is 5.08. The second-order valence-electron chi connectivity index (χ2n) is 10.6. The lowest BCUT2D eigenvalue weighted by Gasteiger charge is -2.29. The number of amides is 1. The van der Waals surface area contributed by atoms with E-state index < -0.39 is 5.69 Å². The summed E-state index contributed by atoms with van der Waals surface area (Å²) in [6, 6.07) is 23.3. The number of fused-ring (bicyclic) bond motifs is 1. The number of nitrogen functional groups attached to an aromatic ring is 1. The molecular weight excluding hydrogens is 562 g/mol. The van der Waals surface area contributed by atoms with Crippen molar-refractivity contribution in [3.63, 3.8) is 0 Å². The smallest absolute Gasteiger partial charge is 0.339 e. The van der Waals surface area contributed by atoms with E-state index in [1.807, 2.05) is 30.3 Å². The molecule has 2 atom stereocenters. The summed E-state index contributed by atoms with van der Waals surface area (Å²) in [6.45, 7) is 1.37. The third-order valence-electron chi connectivity index (χ3n) is 7.53. The number of aromatic nitrogens is 4. The van der Waals surface area contributed by atoms with Crippen LogP contribution in [0.1, 0.15) is 6.42 Å². The van der Waals surface area contributed by atoms with Crippen molar-refractivity contribution in [2.75, 3.05) is 37.9 Å². The highest BCUT2D eigenvalue weighted by atomic mass is 16.6. The topological polar surface area (TPSA) is 147 Å². The Morgan fingerprint density at radius 2 is 1.84 bits per heavy atom. The van der Waals surface area contributed by atoms with Gasteiger partial charge >= 0.3 is 5.69 Å². The number of nitrogens with one attached hydrogen (secondary N) is 1. The molecule has 3 aromatic carbocycles. The van der Waals surface area contributed by atoms with E-state index in [9.17, 15) is 14.8 Å². The number of ether oxygens (including phenoxy) is 2. The first kappa shape index (κ1) is 28.8. The van der Waals surface area contributed by atoms with Crippen LogP contribution in [0.15, 0.2) is 102 Å². The average Bonchev–Trinajstić information content (AvgIpc) is 3.66. The number of carbonyl (C=O) groups is 1. The minimum Gasteiger partial charge on any atom is -0.457 e. The molecule has 1 saturated heterocycles. The van der Waals surface area contributed by atoms with Crippen LogP contribution >= 0.6 is 0 Å². The summed E-state index contributed by atoms with van der Waals surface area (Å²) in [5, 5.41) is 13.5. The normalized spacial score (nSPS) is 16.3. The number of imidazole rings is 1. The maximum atomic E-state index is 13.9. The number of anilines is 2. The van der Waals surface area contributed by atoms with Gasteiger partial charge in [0.25, 0.3) is 0 Å². The maximum absolute atomic E-state index is 13.9. The lowest BCUT2D eigenvalue weighted by Crippen LogP contribution is -2.49. The molecule has 0 radical (unpaired) electrons. The number of nitrogens with two attached hydrogens (primary N) is 1. The molecule has 6 rings (SSSR count). The van der Waals surface area contributed by atoms with Gasteiger partial charge in [-0.2, -0.15) is 4.65 Å². The number of hydrogen-bond acceptors (Lipinski definition) is 8. The van der Waals surface area contributed by atoms with Gasteiger partial charge in [-0.1, -0.05) is 24.3 Å². The Morgan fingerprint density at radius 3 is 2.59 bits per heavy atom. The minimum absolute atomic E-state index is 0.0294. The Morgan fingerprint density at radius 1 is 1.07 bits per heavy atom. The summed E-state index contributed by atoms with van der Waals surface area (Å²) in [5.41, 5.74) is 8.01. The number of quaternary nitrogens is 1. The van der Waals surface area contributed by atoms with Crippen molar-refractivity contribution in [2.24, 2.45) is 0 Å². The van der Waals surface area contributed by atoms with Gasteiger partial charge < -0.3 is 20.5 Å². The van der Waals surface area contributed by atoms with E-state index in [-0.39, 0.29) is 29.0 Å². The first-order chi connectivity index (χ1) is 21.3. The highest BCUT2D eigenvalue weighted by Gasteiger charge is 2.34. The molecule has 1 fully saturated rings. The van der Waals surface area contributed by atoms with E-state index in [2.05, 4.69) is 15.3 Å². The number of carbonyl (C=O) groups excluding carboxylic acids is 1. The third-order valence-corrected chi connectivity index (χ3v) is 7.53. The van der Waals surface area contributed by atoms with E-state index in [0.29, 0.717) is 52.9 Å². The summed E-state index contributed by atoms with van der Waals surface area (Å²) < 4.78 is 13.9. The third kappa shape index (κ3) is 5.95. The first-order valence-electron chi connectivity index (χ1n) is 14.1. The lowest BCUT2D eigenvalue weighted by atomic mass is 10.2. The zero-order chi connectivity index (χ0) is 30.7. The van der Waals surface area contributed by atoms with Gasteiger partial charge in [-0.25, -0.2) is 24.5 Å². The molecule has 1 amide bonds. The maximum Gasteiger partial charge on any atom is 0.339 e. The van der Waals surface area contributed by atoms with Crippen LogP contribution in [-0.2, 0) is 9.53 Å². The second-order valence-corrected chi connectivity index (χ2v) is 10.6. The van der Waals surface area contributed by atoms with Gasteiger partial charge in [0.2, 0.25) is 5.91 Å². The van der Waals surface area contributed by atoms with Crippen LogP contribution in [-0.4, -0.2) is 67.7 Å². The van der Waals surface area contributed by atoms with Crippen molar-refractivity contribution < 1.29 is 24.1 Å². The molecule has 0 aliphatic carbocycles. The van der Waals surface area contributed by atoms with Gasteiger partial charge in [-0.3, -0.25) is 9.36 Å². The van der Waals surface area contributed by atoms with Crippen LogP contribution < -0.4 is 21.5 Å². The fourth-order valence-electron chi connectivity index (χ4n) is 5.20. The second kappa shape index (κ2) is 12.1. The van der Waals surface area contributed by atoms with Crippen molar-refractivity contribution in [1.82, 2.24) is 19.1 Å². The Hall–Kier alpha value is -5.30. The zero-order valence-corrected chi connectivity index (χ0v) is 24.0. The van der Waals surface area contributed by atoms with E-state index in [1.54, 1.807) is 61.7 Å². The fourth-order valence-corrected chi connectivity index (χ4v) is 5.20. The number of para-hydroxylation sites is 1. The molecule has 4 N–H and O–H groups in total. The van der Waals surface area contributed by atoms with Gasteiger partial charge in [0.05, 0.1) is 25.0 Å². The number of likely N-dealkylation sites (N-methyl/N-ethyl adjacent to an activating group) is 1. The van der Waals surface area contributed by atoms with Crippen molar-refractivity contribution in [3.05, 3.63) is 108 Å². The van der Waals surface area contributed by atoms with Gasteiger partial charge in [-0.15, -0.1) is 0 Å². The molecule has 1 unspecified atom stereocenters. The predicted molar refractivity (Wildman–Crippen MR) is 165 cm³/mol. The van der Waals surface area contributed by atoms with E-state index in [4.69, 9.17) is 15.2 Å². The molecule has 224 valence electrons. The number of rotatable bonds is 9. The molecular formula is C32H32N7O5+. The van der Waals surface area contributed by atoms with E-state index in [1.165, 1.54) is 21.5 Å². The molecule has 0 saturated carbocycles. The summed E-state index contributed by atoms with van der Waals surface area (Å²) in [5.74, 6) is 1.07. The molecule has 2 aromatic heterocycles. The molecule has 5 aromatic rings. The Kier molecular flexibility index (Phi) is 7.94. The van der Waals surface area contributed by atoms with Crippen molar-refractivity contribution >= 4 is 28.6 Å². The largest absolute Gasteiger partial charge is 0.457 e. The fraction of sp³-hybridized carbons (Fsp3) is 0.188. The van der Waals surface area contributed by atoms with Gasteiger partial charge in [0.1, 0.15) is 42.5 Å². The summed E-state index contributed by atoms with van der Waals surface area (Å²) >= 11 is 0. The van der Waals surface area contributed by atoms with E-state index in [0.717, 1.165) is 6.42 Å². The molecule has 12 heteroatoms. The van der Waals surface area contributed by atoms with Gasteiger partial charge in [0, 0.05) is 18.2 Å². The molecule has 0 bridgehead atoms. The van der Waals surface area contributed by atoms with Crippen molar-refractivity contribution in [1.29, 1.82) is 0 Å². The number of benzene rings is 3. The molecule has 1 aliphatic rings. The quantitative estimate of drug-likeness (QED) is 0.132. The van der Waals surface area contributed by atoms with Crippen LogP contribution in [0.3, 0.4) is 0 Å². The Bertz CT molecular complexity index is 1880. The number of nitrogens with zero attached hydrogens (tertiary/aromatic N) is 5. The average molecular weight is 595 g/mol. The van der Waals surface area contributed by atoms with Crippen LogP contribution in [0, 0.1) is 0 Å². The van der Waals surface area contributed by atoms with Crippen molar-refractivity contribution in [3.8, 4) is 22.9 Å². The monoisotopic (exact) mass is 594 g/mol. The van der Waals surface area contributed by atoms with Crippen LogP contribution in [0.5, 0.6) is 11.5 Å². The van der Waals surface area contributed by atoms with Gasteiger partial charge in [-0.05, 0) is 60.7 Å². The molecule has 1 aliphatic heterocycles. The zero-order valence-electron chi connectivity index (χ0n) is 24.0. The molecule has 12 nitrogen and oxygen atoms in total. The standard InChI is InChI=1S/C32H31N7O5/c1-39(42,25-16-18-43-20-25)17-6-11-28(40)36-22-7-5-8-24(19-22)38-31-29(30(33)34-21-35-31)37(32(38)41)23-12-14-27(15-13-23)44-26-9-3-2-4-10-26/h2-15,19,21,25,42H,16-18,20H2,1H3,(H2-,33,34,35,36,40)/p+1/b11-6+/t25?,39-/m1/s1. The Labute approximate surface area is 252 Å². The number of hydroxylamine groups is 3. The lowest BCUT2D eigenvalue weighted by molar-refractivity contribution is -1.10. The van der Waals surface area contributed by atoms with Gasteiger partial charge in [0.15, 0.2) is 11.5 Å². The summed E-state index contributed by atoms with van der Waals surface area (Å²) in [7, 11) is 1.70. The SMILES string of the molecule is C[N@@+](O)(C/C=C/C(=O)Nc1cccc(-n2c(=O)n(-c3ccc(Oc4ccccc4)cc3)c3c(N)ncnc32)c1)C1CCOC1. The minimum atomic E-state index is -0.414. The summed E-state index contributed by atoms with van der Waals surface area (Å²) in [4.78, 5) is 35.1. The van der Waals surface area contributed by atoms with Crippen LogP contribution in [0.4, 0.5) is 11.5 Å². The Balaban J connectivity index is 1.26. The number of hydrogen-bond donors (Lipinski definition) is 3. The molecule has 0 spiro atoms. The highest BCUT2D eigenvalue weighted by Crippen LogP contribution is 2.27. The first-order valence-corrected chi connectivity index (χ1v) is 14.1. The van der Waals surface area contributed by atoms with Crippen molar-refractivity contribution in [2.45, 2.75) is 12.5 Å². The van der Waals surface area contributed by atoms with Crippen LogP contribution in [0.25, 0.3) is 22.5 Å². The molecule has 3 heterocycles. The predicted octanol–water partition coefficient (Wildman–Crippen LogP) is 4.07. The highest BCUT2D eigenvalue weighted by molar-refractivity contribution is 5.99. The molecule has 44 heavy (non-hydrogen) atoms. The van der Waals surface area contributed by atoms with Crippen LogP contribution in [0.2, 0.25) is 0 Å². The van der Waals surface area contributed by atoms with E-state index >= 15 is 0 Å².